The molecule has 0 radical (unpaired) electrons. The Hall–Kier alpha value is -2.76. The second-order valence-corrected chi connectivity index (χ2v) is 9.50. The number of nitrogens with zero attached hydrogens (tertiary/aromatic N) is 1. The molecule has 6 nitrogen and oxygen atoms in total. The van der Waals surface area contributed by atoms with Gasteiger partial charge < -0.3 is 20.1 Å². The zero-order valence-electron chi connectivity index (χ0n) is 18.1. The van der Waals surface area contributed by atoms with Crippen LogP contribution in [0.1, 0.15) is 45.4 Å². The summed E-state index contributed by atoms with van der Waals surface area (Å²) in [5, 5.41) is 6.62. The van der Waals surface area contributed by atoms with Gasteiger partial charge in [-0.25, -0.2) is 4.98 Å². The summed E-state index contributed by atoms with van der Waals surface area (Å²) in [4.78, 5) is 16.8. The van der Waals surface area contributed by atoms with E-state index in [4.69, 9.17) is 9.47 Å². The Labute approximate surface area is 183 Å². The van der Waals surface area contributed by atoms with E-state index < -0.39 is 0 Å². The lowest BCUT2D eigenvalue weighted by Gasteiger charge is -2.57. The zero-order chi connectivity index (χ0) is 21.3. The number of carbonyl (C=O) groups excluding carboxylic acids is 1. The summed E-state index contributed by atoms with van der Waals surface area (Å²) in [6, 6.07) is 11.1. The van der Waals surface area contributed by atoms with Crippen LogP contribution < -0.4 is 20.1 Å². The van der Waals surface area contributed by atoms with E-state index >= 15 is 0 Å². The van der Waals surface area contributed by atoms with Crippen molar-refractivity contribution < 1.29 is 14.3 Å². The van der Waals surface area contributed by atoms with Crippen LogP contribution in [-0.2, 0) is 4.79 Å². The van der Waals surface area contributed by atoms with Gasteiger partial charge in [-0.2, -0.15) is 0 Å². The molecule has 0 atom stereocenters. The lowest BCUT2D eigenvalue weighted by atomic mass is 9.53. The maximum atomic E-state index is 12.2. The zero-order valence-corrected chi connectivity index (χ0v) is 18.1. The molecule has 1 heterocycles. The highest BCUT2D eigenvalue weighted by Gasteiger charge is 2.51. The van der Waals surface area contributed by atoms with Crippen molar-refractivity contribution in [2.24, 2.45) is 17.8 Å². The van der Waals surface area contributed by atoms with Crippen molar-refractivity contribution >= 4 is 17.4 Å². The van der Waals surface area contributed by atoms with E-state index in [0.29, 0.717) is 18.0 Å². The minimum Gasteiger partial charge on any atom is -0.494 e. The fourth-order valence-electron chi connectivity index (χ4n) is 6.22. The summed E-state index contributed by atoms with van der Waals surface area (Å²) in [7, 11) is 0. The van der Waals surface area contributed by atoms with Crippen LogP contribution in [-0.4, -0.2) is 29.6 Å². The average Bonchev–Trinajstić information content (AvgIpc) is 2.74. The van der Waals surface area contributed by atoms with Crippen molar-refractivity contribution in [3.8, 4) is 11.5 Å². The Bertz CT molecular complexity index is 875. The number of aromatic nitrogens is 1. The fraction of sp³-hybridized carbons (Fsp3) is 0.520. The predicted molar refractivity (Wildman–Crippen MR) is 120 cm³/mol. The SMILES string of the molecule is CCOc1ccc(OCC(=O)Nc2ccc(NC34CC5CC(CC(C5)C3)C4)nc2)cc1. The number of hydrogen-bond acceptors (Lipinski definition) is 5. The van der Waals surface area contributed by atoms with E-state index in [2.05, 4.69) is 15.6 Å². The average molecular weight is 422 g/mol. The standard InChI is InChI=1S/C25H31N3O3/c1-2-30-21-4-6-22(7-5-21)31-16-24(29)27-20-3-8-23(26-15-20)28-25-12-17-9-18(13-25)11-19(10-17)14-25/h3-8,15,17-19H,2,9-14,16H2,1H3,(H,26,28)(H,27,29). The van der Waals surface area contributed by atoms with Crippen molar-refractivity contribution in [2.45, 2.75) is 51.0 Å². The number of amides is 1. The maximum Gasteiger partial charge on any atom is 0.262 e. The van der Waals surface area contributed by atoms with Crippen LogP contribution in [0.3, 0.4) is 0 Å². The lowest BCUT2D eigenvalue weighted by molar-refractivity contribution is -0.118. The first-order valence-electron chi connectivity index (χ1n) is 11.5. The van der Waals surface area contributed by atoms with Gasteiger partial charge in [-0.15, -0.1) is 0 Å². The molecule has 1 aromatic heterocycles. The Morgan fingerprint density at radius 1 is 0.968 bits per heavy atom. The molecular weight excluding hydrogens is 390 g/mol. The first-order chi connectivity index (χ1) is 15.1. The van der Waals surface area contributed by atoms with Gasteiger partial charge in [0.1, 0.15) is 17.3 Å². The number of benzene rings is 1. The van der Waals surface area contributed by atoms with Crippen LogP contribution in [0.2, 0.25) is 0 Å². The van der Waals surface area contributed by atoms with E-state index in [0.717, 1.165) is 29.3 Å². The molecule has 1 amide bonds. The molecule has 0 unspecified atom stereocenters. The molecule has 2 aromatic rings. The second kappa shape index (κ2) is 8.40. The highest BCUT2D eigenvalue weighted by atomic mass is 16.5. The topological polar surface area (TPSA) is 72.5 Å². The van der Waals surface area contributed by atoms with Gasteiger partial charge in [-0.3, -0.25) is 4.79 Å². The molecule has 4 fully saturated rings. The van der Waals surface area contributed by atoms with Crippen molar-refractivity contribution in [1.82, 2.24) is 4.98 Å². The van der Waals surface area contributed by atoms with Crippen molar-refractivity contribution in [3.05, 3.63) is 42.6 Å². The Morgan fingerprint density at radius 3 is 2.13 bits per heavy atom. The number of carbonyl (C=O) groups is 1. The third-order valence-corrected chi connectivity index (χ3v) is 6.98. The molecule has 4 aliphatic rings. The quantitative estimate of drug-likeness (QED) is 0.636. The van der Waals surface area contributed by atoms with Gasteiger partial charge in [0.2, 0.25) is 0 Å². The minimum atomic E-state index is -0.211. The molecule has 6 rings (SSSR count). The second-order valence-electron chi connectivity index (χ2n) is 9.50. The predicted octanol–water partition coefficient (Wildman–Crippen LogP) is 4.88. The number of anilines is 2. The third-order valence-electron chi connectivity index (χ3n) is 6.98. The molecule has 4 saturated carbocycles. The van der Waals surface area contributed by atoms with Crippen LogP contribution >= 0.6 is 0 Å². The smallest absolute Gasteiger partial charge is 0.262 e. The van der Waals surface area contributed by atoms with Gasteiger partial charge in [0, 0.05) is 5.54 Å². The fourth-order valence-corrected chi connectivity index (χ4v) is 6.22. The number of rotatable bonds is 8. The van der Waals surface area contributed by atoms with Gasteiger partial charge in [0.25, 0.3) is 5.91 Å². The van der Waals surface area contributed by atoms with E-state index in [9.17, 15) is 4.79 Å². The molecule has 1 aromatic carbocycles. The van der Waals surface area contributed by atoms with Crippen molar-refractivity contribution in [1.29, 1.82) is 0 Å². The van der Waals surface area contributed by atoms with Gasteiger partial charge >= 0.3 is 0 Å². The Morgan fingerprint density at radius 2 is 1.58 bits per heavy atom. The van der Waals surface area contributed by atoms with Crippen LogP contribution in [0.4, 0.5) is 11.5 Å². The number of ether oxygens (including phenoxy) is 2. The van der Waals surface area contributed by atoms with Gasteiger partial charge in [-0.05, 0) is 99.6 Å². The Kier molecular flexibility index (Phi) is 5.47. The summed E-state index contributed by atoms with van der Waals surface area (Å²) < 4.78 is 11.0. The molecule has 4 aliphatic carbocycles. The van der Waals surface area contributed by atoms with Gasteiger partial charge in [-0.1, -0.05) is 0 Å². The summed E-state index contributed by atoms with van der Waals surface area (Å²) in [5.74, 6) is 4.80. The molecule has 0 aliphatic heterocycles. The summed E-state index contributed by atoms with van der Waals surface area (Å²) in [5.41, 5.74) is 0.911. The van der Waals surface area contributed by atoms with Crippen molar-refractivity contribution in [2.75, 3.05) is 23.8 Å². The van der Waals surface area contributed by atoms with E-state index in [1.54, 1.807) is 18.3 Å². The van der Waals surface area contributed by atoms with Gasteiger partial charge in [0.05, 0.1) is 18.5 Å². The van der Waals surface area contributed by atoms with Crippen molar-refractivity contribution in [3.63, 3.8) is 0 Å². The number of hydrogen-bond donors (Lipinski definition) is 2. The first kappa shape index (κ1) is 20.2. The summed E-state index contributed by atoms with van der Waals surface area (Å²) in [6.07, 6.45) is 9.85. The normalized spacial score (nSPS) is 28.2. The minimum absolute atomic E-state index is 0.0543. The highest BCUT2D eigenvalue weighted by Crippen LogP contribution is 2.56. The largest absolute Gasteiger partial charge is 0.494 e. The molecule has 0 saturated heterocycles. The van der Waals surface area contributed by atoms with Crippen LogP contribution in [0, 0.1) is 17.8 Å². The summed E-state index contributed by atoms with van der Waals surface area (Å²) >= 11 is 0. The molecule has 6 heteroatoms. The number of nitrogens with one attached hydrogen (secondary N) is 2. The first-order valence-corrected chi connectivity index (χ1v) is 11.5. The highest BCUT2D eigenvalue weighted by molar-refractivity contribution is 5.91. The van der Waals surface area contributed by atoms with E-state index in [1.807, 2.05) is 31.2 Å². The third kappa shape index (κ3) is 4.63. The van der Waals surface area contributed by atoms with E-state index in [1.165, 1.54) is 38.5 Å². The van der Waals surface area contributed by atoms with Crippen LogP contribution in [0.25, 0.3) is 0 Å². The lowest BCUT2D eigenvalue weighted by Crippen LogP contribution is -2.54. The molecule has 2 N–H and O–H groups in total. The van der Waals surface area contributed by atoms with Crippen LogP contribution in [0.5, 0.6) is 11.5 Å². The maximum absolute atomic E-state index is 12.2. The van der Waals surface area contributed by atoms with Gasteiger partial charge in [0.15, 0.2) is 6.61 Å². The Balaban J connectivity index is 1.12. The van der Waals surface area contributed by atoms with E-state index in [-0.39, 0.29) is 18.1 Å². The van der Waals surface area contributed by atoms with Crippen LogP contribution in [0.15, 0.2) is 42.6 Å². The molecular formula is C25H31N3O3. The molecule has 4 bridgehead atoms. The summed E-state index contributed by atoms with van der Waals surface area (Å²) in [6.45, 7) is 2.50. The molecule has 0 spiro atoms. The molecule has 164 valence electrons. The molecule has 31 heavy (non-hydrogen) atoms. The number of pyridine rings is 1. The monoisotopic (exact) mass is 421 g/mol.